The van der Waals surface area contributed by atoms with Gasteiger partial charge in [0.1, 0.15) is 5.69 Å². The number of aliphatic carboxylic acids is 1. The number of rotatable bonds is 2. The highest BCUT2D eigenvalue weighted by molar-refractivity contribution is 5.92. The van der Waals surface area contributed by atoms with E-state index >= 15 is 0 Å². The molecule has 1 amide bonds. The average Bonchev–Trinajstić information content (AvgIpc) is 3.03. The SMILES string of the molecule is CO[C@@H]1CO[C@@]2(CCCN(C(=O)c3cccc(C)n3)C2)C1.O=C(O)C(F)(F)F. The minimum atomic E-state index is -5.08. The Morgan fingerprint density at radius 3 is 2.61 bits per heavy atom. The number of aryl methyl sites for hydroxylation is 1. The Hall–Kier alpha value is -2.20. The number of nitrogens with zero attached hydrogens (tertiary/aromatic N) is 2. The normalized spacial score (nSPS) is 24.6. The van der Waals surface area contributed by atoms with Gasteiger partial charge < -0.3 is 19.5 Å². The molecular weight excluding hydrogens is 381 g/mol. The van der Waals surface area contributed by atoms with Crippen LogP contribution in [0.4, 0.5) is 13.2 Å². The molecule has 10 heteroatoms. The van der Waals surface area contributed by atoms with E-state index in [-0.39, 0.29) is 17.6 Å². The molecule has 1 aromatic heterocycles. The lowest BCUT2D eigenvalue weighted by Gasteiger charge is -2.39. The van der Waals surface area contributed by atoms with Gasteiger partial charge in [0.05, 0.1) is 24.9 Å². The number of carbonyl (C=O) groups is 2. The van der Waals surface area contributed by atoms with E-state index in [1.807, 2.05) is 24.0 Å². The number of pyridine rings is 1. The van der Waals surface area contributed by atoms with E-state index in [4.69, 9.17) is 19.4 Å². The number of methoxy groups -OCH3 is 1. The van der Waals surface area contributed by atoms with Crippen molar-refractivity contribution < 1.29 is 37.3 Å². The smallest absolute Gasteiger partial charge is 0.475 e. The number of likely N-dealkylation sites (tertiary alicyclic amines) is 1. The van der Waals surface area contributed by atoms with Crippen LogP contribution in [0.5, 0.6) is 0 Å². The van der Waals surface area contributed by atoms with Gasteiger partial charge in [-0.3, -0.25) is 4.79 Å². The maximum atomic E-state index is 12.6. The van der Waals surface area contributed by atoms with Crippen LogP contribution in [0.2, 0.25) is 0 Å². The molecule has 0 aliphatic carbocycles. The molecule has 156 valence electrons. The maximum Gasteiger partial charge on any atom is 0.490 e. The molecule has 1 N–H and O–H groups in total. The summed E-state index contributed by atoms with van der Waals surface area (Å²) in [6.45, 7) is 3.94. The number of piperidine rings is 1. The Bertz CT molecular complexity index is 713. The highest BCUT2D eigenvalue weighted by Gasteiger charge is 2.44. The average molecular weight is 404 g/mol. The molecule has 28 heavy (non-hydrogen) atoms. The molecule has 2 fully saturated rings. The molecule has 3 heterocycles. The van der Waals surface area contributed by atoms with Crippen LogP contribution in [0.15, 0.2) is 18.2 Å². The monoisotopic (exact) mass is 404 g/mol. The summed E-state index contributed by atoms with van der Waals surface area (Å²) in [6, 6.07) is 5.56. The summed E-state index contributed by atoms with van der Waals surface area (Å²) in [5, 5.41) is 7.12. The first-order chi connectivity index (χ1) is 13.1. The van der Waals surface area contributed by atoms with Crippen LogP contribution < -0.4 is 0 Å². The number of ether oxygens (including phenoxy) is 2. The molecule has 0 bridgehead atoms. The molecule has 0 saturated carbocycles. The van der Waals surface area contributed by atoms with Gasteiger partial charge in [-0.2, -0.15) is 13.2 Å². The summed E-state index contributed by atoms with van der Waals surface area (Å²) in [6.07, 6.45) is -2.10. The molecule has 0 unspecified atom stereocenters. The van der Waals surface area contributed by atoms with Gasteiger partial charge in [0, 0.05) is 25.8 Å². The van der Waals surface area contributed by atoms with Crippen molar-refractivity contribution >= 4 is 11.9 Å². The number of hydrogen-bond acceptors (Lipinski definition) is 5. The standard InChI is InChI=1S/C16H22N2O3.C2HF3O2/c1-12-5-3-6-14(17-12)15(19)18-8-4-7-16(11-18)9-13(20-2)10-21-16;3-2(4,5)1(6)7/h3,5-6,13H,4,7-11H2,1-2H3;(H,6,7)/t13-,16-;/m0./s1. The van der Waals surface area contributed by atoms with Crippen LogP contribution in [-0.2, 0) is 14.3 Å². The zero-order valence-electron chi connectivity index (χ0n) is 15.7. The number of alkyl halides is 3. The van der Waals surface area contributed by atoms with Crippen LogP contribution in [0.1, 0.15) is 35.4 Å². The van der Waals surface area contributed by atoms with E-state index in [0.717, 1.165) is 31.5 Å². The van der Waals surface area contributed by atoms with Gasteiger partial charge in [0.2, 0.25) is 0 Å². The highest BCUT2D eigenvalue weighted by Crippen LogP contribution is 2.35. The molecule has 2 saturated heterocycles. The topological polar surface area (TPSA) is 89.0 Å². The molecular formula is C18H23F3N2O5. The van der Waals surface area contributed by atoms with Crippen molar-refractivity contribution in [2.45, 2.75) is 44.1 Å². The lowest BCUT2D eigenvalue weighted by Crippen LogP contribution is -2.50. The Balaban J connectivity index is 0.000000345. The number of hydrogen-bond donors (Lipinski definition) is 1. The summed E-state index contributed by atoms with van der Waals surface area (Å²) < 4.78 is 43.1. The molecule has 0 aromatic carbocycles. The predicted octanol–water partition coefficient (Wildman–Crippen LogP) is 2.43. The number of aromatic nitrogens is 1. The van der Waals surface area contributed by atoms with Crippen LogP contribution in [0.25, 0.3) is 0 Å². The van der Waals surface area contributed by atoms with E-state index in [9.17, 15) is 18.0 Å². The summed E-state index contributed by atoms with van der Waals surface area (Å²) in [5.41, 5.74) is 1.16. The number of amides is 1. The fourth-order valence-electron chi connectivity index (χ4n) is 3.33. The first-order valence-corrected chi connectivity index (χ1v) is 8.76. The van der Waals surface area contributed by atoms with E-state index in [0.29, 0.717) is 18.8 Å². The Morgan fingerprint density at radius 2 is 2.07 bits per heavy atom. The quantitative estimate of drug-likeness (QED) is 0.815. The Labute approximate surface area is 160 Å². The molecule has 7 nitrogen and oxygen atoms in total. The van der Waals surface area contributed by atoms with Gasteiger partial charge in [-0.1, -0.05) is 6.07 Å². The molecule has 1 aromatic rings. The van der Waals surface area contributed by atoms with E-state index in [2.05, 4.69) is 4.98 Å². The van der Waals surface area contributed by atoms with Crippen molar-refractivity contribution in [3.8, 4) is 0 Å². The first kappa shape index (κ1) is 22.1. The lowest BCUT2D eigenvalue weighted by molar-refractivity contribution is -0.192. The minimum Gasteiger partial charge on any atom is -0.475 e. The fourth-order valence-corrected chi connectivity index (χ4v) is 3.33. The third kappa shape index (κ3) is 5.65. The number of carboxylic acid groups (broad SMARTS) is 1. The summed E-state index contributed by atoms with van der Waals surface area (Å²) in [5.74, 6) is -2.75. The second-order valence-corrected chi connectivity index (χ2v) is 6.85. The number of halogens is 3. The van der Waals surface area contributed by atoms with Gasteiger partial charge in [0.15, 0.2) is 0 Å². The van der Waals surface area contributed by atoms with Crippen molar-refractivity contribution in [3.63, 3.8) is 0 Å². The lowest BCUT2D eigenvalue weighted by atomic mass is 9.89. The van der Waals surface area contributed by atoms with E-state index < -0.39 is 12.1 Å². The van der Waals surface area contributed by atoms with E-state index in [1.165, 1.54) is 0 Å². The van der Waals surface area contributed by atoms with Gasteiger partial charge >= 0.3 is 12.1 Å². The molecule has 2 atom stereocenters. The zero-order chi connectivity index (χ0) is 20.9. The van der Waals surface area contributed by atoms with Gasteiger partial charge in [0.25, 0.3) is 5.91 Å². The summed E-state index contributed by atoms with van der Waals surface area (Å²) in [7, 11) is 1.72. The van der Waals surface area contributed by atoms with Crippen molar-refractivity contribution in [3.05, 3.63) is 29.6 Å². The summed E-state index contributed by atoms with van der Waals surface area (Å²) in [4.78, 5) is 27.7. The second-order valence-electron chi connectivity index (χ2n) is 6.85. The van der Waals surface area contributed by atoms with Crippen molar-refractivity contribution in [1.82, 2.24) is 9.88 Å². The largest absolute Gasteiger partial charge is 0.490 e. The van der Waals surface area contributed by atoms with Crippen LogP contribution in [-0.4, -0.2) is 71.6 Å². The Kier molecular flexibility index (Phi) is 7.00. The van der Waals surface area contributed by atoms with Crippen molar-refractivity contribution in [1.29, 1.82) is 0 Å². The predicted molar refractivity (Wildman–Crippen MR) is 91.9 cm³/mol. The van der Waals surface area contributed by atoms with Gasteiger partial charge in [-0.15, -0.1) is 0 Å². The number of carbonyl (C=O) groups excluding carboxylic acids is 1. The first-order valence-electron chi connectivity index (χ1n) is 8.76. The fraction of sp³-hybridized carbons (Fsp3) is 0.611. The zero-order valence-corrected chi connectivity index (χ0v) is 15.7. The molecule has 2 aliphatic heterocycles. The van der Waals surface area contributed by atoms with E-state index in [1.54, 1.807) is 13.2 Å². The second kappa shape index (κ2) is 8.87. The van der Waals surface area contributed by atoms with Crippen molar-refractivity contribution in [2.24, 2.45) is 0 Å². The highest BCUT2D eigenvalue weighted by atomic mass is 19.4. The van der Waals surface area contributed by atoms with Gasteiger partial charge in [-0.25, -0.2) is 9.78 Å². The van der Waals surface area contributed by atoms with Crippen LogP contribution >= 0.6 is 0 Å². The van der Waals surface area contributed by atoms with Gasteiger partial charge in [-0.05, 0) is 31.9 Å². The van der Waals surface area contributed by atoms with Crippen LogP contribution in [0, 0.1) is 6.92 Å². The molecule has 1 spiro atoms. The van der Waals surface area contributed by atoms with Crippen molar-refractivity contribution in [2.75, 3.05) is 26.8 Å². The third-order valence-electron chi connectivity index (χ3n) is 4.69. The maximum absolute atomic E-state index is 12.6. The molecule has 2 aliphatic rings. The minimum absolute atomic E-state index is 0.00208. The molecule has 3 rings (SSSR count). The Morgan fingerprint density at radius 1 is 1.39 bits per heavy atom. The van der Waals surface area contributed by atoms with Crippen LogP contribution in [0.3, 0.4) is 0 Å². The summed E-state index contributed by atoms with van der Waals surface area (Å²) >= 11 is 0. The third-order valence-corrected chi connectivity index (χ3v) is 4.69. The number of carboxylic acids is 1. The molecule has 0 radical (unpaired) electrons.